The fourth-order valence-corrected chi connectivity index (χ4v) is 3.31. The number of ketones is 1. The summed E-state index contributed by atoms with van der Waals surface area (Å²) >= 11 is 0.790. The van der Waals surface area contributed by atoms with Crippen molar-refractivity contribution in [2.24, 2.45) is 11.7 Å². The third kappa shape index (κ3) is 11.7. The van der Waals surface area contributed by atoms with E-state index < -0.39 is 65.7 Å². The molecule has 0 aliphatic rings. The third-order valence-electron chi connectivity index (χ3n) is 3.63. The quantitative estimate of drug-likeness (QED) is 0.190. The number of nitrogens with two attached hydrogens (primary N) is 1. The van der Waals surface area contributed by atoms with Crippen LogP contribution in [0.3, 0.4) is 0 Å². The normalized spacial score (nSPS) is 13.6. The minimum atomic E-state index is -1.30. The van der Waals surface area contributed by atoms with Crippen LogP contribution >= 0.6 is 11.8 Å². The van der Waals surface area contributed by atoms with E-state index in [1.165, 1.54) is 0 Å². The van der Waals surface area contributed by atoms with Crippen LogP contribution in [0, 0.1) is 5.92 Å². The van der Waals surface area contributed by atoms with Gasteiger partial charge in [0.15, 0.2) is 0 Å². The lowest BCUT2D eigenvalue weighted by Gasteiger charge is -2.18. The highest BCUT2D eigenvalue weighted by Crippen LogP contribution is 2.22. The van der Waals surface area contributed by atoms with Gasteiger partial charge in [0.2, 0.25) is 5.91 Å². The predicted octanol–water partition coefficient (Wildman–Crippen LogP) is -1.30. The van der Waals surface area contributed by atoms with Crippen molar-refractivity contribution in [3.8, 4) is 0 Å². The van der Waals surface area contributed by atoms with E-state index in [1.54, 1.807) is 0 Å². The number of carbonyl (C=O) groups is 6. The molecule has 0 saturated heterocycles. The zero-order valence-electron chi connectivity index (χ0n) is 15.7. The van der Waals surface area contributed by atoms with Crippen LogP contribution in [0.5, 0.6) is 0 Å². The molecule has 0 rings (SSSR count). The molecule has 0 saturated carbocycles. The minimum absolute atomic E-state index is 0.144. The van der Waals surface area contributed by atoms with Crippen LogP contribution in [0.25, 0.3) is 0 Å². The topological polar surface area (TPSA) is 210 Å². The van der Waals surface area contributed by atoms with Crippen LogP contribution in [0.1, 0.15) is 25.7 Å². The molecule has 0 aliphatic carbocycles. The van der Waals surface area contributed by atoms with E-state index in [4.69, 9.17) is 21.1 Å². The zero-order valence-corrected chi connectivity index (χ0v) is 16.5. The van der Waals surface area contributed by atoms with Crippen molar-refractivity contribution in [2.75, 3.05) is 19.4 Å². The number of methoxy groups -OCH3 is 1. The van der Waals surface area contributed by atoms with Crippen molar-refractivity contribution in [2.45, 2.75) is 37.0 Å². The van der Waals surface area contributed by atoms with Gasteiger partial charge in [-0.15, -0.1) is 11.8 Å². The van der Waals surface area contributed by atoms with Crippen molar-refractivity contribution in [1.82, 2.24) is 5.32 Å². The van der Waals surface area contributed by atoms with Gasteiger partial charge in [0.1, 0.15) is 23.6 Å². The molecule has 0 bridgehead atoms. The number of Topliss-reactive ketones (excluding diaryl/α,β-unsaturated/α-hetero) is 1. The van der Waals surface area contributed by atoms with Gasteiger partial charge in [-0.05, 0) is 6.42 Å². The van der Waals surface area contributed by atoms with Crippen LogP contribution in [-0.2, 0) is 33.5 Å². The predicted molar refractivity (Wildman–Crippen MR) is 99.1 cm³/mol. The molecule has 0 spiro atoms. The number of ether oxygens (including phenoxy) is 1. The number of nitrogens with one attached hydrogen (secondary N) is 1. The van der Waals surface area contributed by atoms with Gasteiger partial charge in [0, 0.05) is 18.6 Å². The lowest BCUT2D eigenvalue weighted by Crippen LogP contribution is -2.37. The van der Waals surface area contributed by atoms with E-state index in [9.17, 15) is 28.8 Å². The first kappa shape index (κ1) is 26.3. The molecule has 0 heterocycles. The first-order chi connectivity index (χ1) is 13.5. The molecular weight excluding hydrogens is 412 g/mol. The monoisotopic (exact) mass is 436 g/mol. The molecule has 0 aromatic rings. The second kappa shape index (κ2) is 13.5. The fourth-order valence-electron chi connectivity index (χ4n) is 2.08. The number of esters is 1. The SMILES string of the molecule is COC(=O)[C@H](CC(=O)O)SC[C@H](CC(=O)CC[C@H](N)C(=O)O)C(=O)NCC(=O)O. The molecule has 3 atom stereocenters. The molecular formula is C16H24N2O10S. The van der Waals surface area contributed by atoms with Crippen molar-refractivity contribution < 1.29 is 48.8 Å². The van der Waals surface area contributed by atoms with Crippen molar-refractivity contribution in [1.29, 1.82) is 0 Å². The number of carbonyl (C=O) groups excluding carboxylic acids is 3. The molecule has 0 radical (unpaired) electrons. The Hall–Kier alpha value is -2.67. The maximum atomic E-state index is 12.2. The minimum Gasteiger partial charge on any atom is -0.481 e. The Morgan fingerprint density at radius 1 is 1.03 bits per heavy atom. The average Bonchev–Trinajstić information content (AvgIpc) is 2.64. The van der Waals surface area contributed by atoms with Gasteiger partial charge in [-0.3, -0.25) is 28.8 Å². The van der Waals surface area contributed by atoms with Crippen LogP contribution in [0.4, 0.5) is 0 Å². The van der Waals surface area contributed by atoms with E-state index in [-0.39, 0.29) is 25.0 Å². The smallest absolute Gasteiger partial charge is 0.322 e. The Morgan fingerprint density at radius 2 is 1.66 bits per heavy atom. The Kier molecular flexibility index (Phi) is 12.3. The highest BCUT2D eigenvalue weighted by molar-refractivity contribution is 8.00. The molecule has 29 heavy (non-hydrogen) atoms. The Bertz CT molecular complexity index is 639. The van der Waals surface area contributed by atoms with Gasteiger partial charge in [0.05, 0.1) is 19.4 Å². The maximum absolute atomic E-state index is 12.2. The van der Waals surface area contributed by atoms with Gasteiger partial charge < -0.3 is 31.1 Å². The summed E-state index contributed by atoms with van der Waals surface area (Å²) in [6.07, 6.45) is -1.28. The largest absolute Gasteiger partial charge is 0.481 e. The van der Waals surface area contributed by atoms with Gasteiger partial charge in [-0.1, -0.05) is 0 Å². The molecule has 6 N–H and O–H groups in total. The highest BCUT2D eigenvalue weighted by Gasteiger charge is 2.28. The number of hydrogen-bond donors (Lipinski definition) is 5. The molecule has 1 amide bonds. The molecule has 0 aliphatic heterocycles. The van der Waals surface area contributed by atoms with E-state index in [0.717, 1.165) is 18.9 Å². The van der Waals surface area contributed by atoms with Crippen molar-refractivity contribution >= 4 is 47.3 Å². The van der Waals surface area contributed by atoms with Crippen LogP contribution in [0.15, 0.2) is 0 Å². The number of amides is 1. The number of thioether (sulfide) groups is 1. The standard InChI is InChI=1S/C16H24N2O10S/c1-28-16(27)11(5-12(20)21)29-7-8(14(24)18-6-13(22)23)4-9(19)2-3-10(17)15(25)26/h8,10-11H,2-7,17H2,1H3,(H,18,24)(H,20,21)(H,22,23)(H,25,26)/t8-,10-,11-/m0/s1. The number of carboxylic acid groups (broad SMARTS) is 3. The third-order valence-corrected chi connectivity index (χ3v) is 4.99. The molecule has 12 nitrogen and oxygen atoms in total. The second-order valence-corrected chi connectivity index (χ2v) is 7.21. The first-order valence-corrected chi connectivity index (χ1v) is 9.43. The van der Waals surface area contributed by atoms with Crippen LogP contribution in [0.2, 0.25) is 0 Å². The van der Waals surface area contributed by atoms with E-state index in [0.29, 0.717) is 0 Å². The van der Waals surface area contributed by atoms with E-state index in [2.05, 4.69) is 10.1 Å². The second-order valence-electron chi connectivity index (χ2n) is 5.98. The van der Waals surface area contributed by atoms with Gasteiger partial charge in [-0.25, -0.2) is 0 Å². The summed E-state index contributed by atoms with van der Waals surface area (Å²) in [5.74, 6) is -7.14. The highest BCUT2D eigenvalue weighted by atomic mass is 32.2. The van der Waals surface area contributed by atoms with Crippen LogP contribution in [-0.4, -0.2) is 81.6 Å². The number of carboxylic acids is 3. The van der Waals surface area contributed by atoms with Gasteiger partial charge in [0.25, 0.3) is 0 Å². The number of aliphatic carboxylic acids is 3. The lowest BCUT2D eigenvalue weighted by atomic mass is 9.99. The molecule has 0 aromatic carbocycles. The van der Waals surface area contributed by atoms with Gasteiger partial charge in [-0.2, -0.15) is 0 Å². The fraction of sp³-hybridized carbons (Fsp3) is 0.625. The Labute approximate surface area is 170 Å². The summed E-state index contributed by atoms with van der Waals surface area (Å²) in [6, 6.07) is -1.24. The molecule has 13 heteroatoms. The summed E-state index contributed by atoms with van der Waals surface area (Å²) in [5.41, 5.74) is 5.32. The average molecular weight is 436 g/mol. The van der Waals surface area contributed by atoms with E-state index >= 15 is 0 Å². The maximum Gasteiger partial charge on any atom is 0.322 e. The summed E-state index contributed by atoms with van der Waals surface area (Å²) in [6.45, 7) is -0.687. The molecule has 164 valence electrons. The molecule has 0 unspecified atom stereocenters. The van der Waals surface area contributed by atoms with Gasteiger partial charge >= 0.3 is 23.9 Å². The first-order valence-electron chi connectivity index (χ1n) is 8.38. The molecule has 0 fully saturated rings. The lowest BCUT2D eigenvalue weighted by molar-refractivity contribution is -0.144. The summed E-state index contributed by atoms with van der Waals surface area (Å²) in [7, 11) is 1.07. The zero-order chi connectivity index (χ0) is 22.6. The van der Waals surface area contributed by atoms with Crippen LogP contribution < -0.4 is 11.1 Å². The molecule has 0 aromatic heterocycles. The summed E-state index contributed by atoms with van der Waals surface area (Å²) < 4.78 is 4.52. The van der Waals surface area contributed by atoms with Crippen molar-refractivity contribution in [3.63, 3.8) is 0 Å². The van der Waals surface area contributed by atoms with Crippen molar-refractivity contribution in [3.05, 3.63) is 0 Å². The van der Waals surface area contributed by atoms with E-state index in [1.807, 2.05) is 0 Å². The number of hydrogen-bond acceptors (Lipinski definition) is 9. The number of rotatable bonds is 15. The Morgan fingerprint density at radius 3 is 2.14 bits per heavy atom. The summed E-state index contributed by atoms with van der Waals surface area (Å²) in [5, 5.41) is 27.3. The Balaban J connectivity index is 5.07. The summed E-state index contributed by atoms with van der Waals surface area (Å²) in [4.78, 5) is 68.2.